The second-order valence-electron chi connectivity index (χ2n) is 9.34. The van der Waals surface area contributed by atoms with Gasteiger partial charge in [-0.15, -0.1) is 13.0 Å². The molecule has 37 heavy (non-hydrogen) atoms. The van der Waals surface area contributed by atoms with Crippen molar-refractivity contribution >= 4 is 17.6 Å². The predicted octanol–water partition coefficient (Wildman–Crippen LogP) is 5.72. The molecular formula is C30H42FN5O. The largest absolute Gasteiger partial charge is 0.339 e. The lowest BCUT2D eigenvalue weighted by Crippen LogP contribution is -2.49. The molecule has 0 spiro atoms. The van der Waals surface area contributed by atoms with E-state index in [1.807, 2.05) is 11.8 Å². The number of anilines is 1. The molecule has 0 radical (unpaired) electrons. The summed E-state index contributed by atoms with van der Waals surface area (Å²) in [5, 5.41) is 0. The number of hydrogen-bond donors (Lipinski definition) is 0. The van der Waals surface area contributed by atoms with Crippen molar-refractivity contribution in [1.82, 2.24) is 14.9 Å². The molecular weight excluding hydrogens is 465 g/mol. The van der Waals surface area contributed by atoms with Gasteiger partial charge in [0.25, 0.3) is 0 Å². The van der Waals surface area contributed by atoms with Crippen LogP contribution in [-0.4, -0.2) is 59.7 Å². The highest BCUT2D eigenvalue weighted by atomic mass is 19.1. The highest BCUT2D eigenvalue weighted by Gasteiger charge is 2.21. The third kappa shape index (κ3) is 11.8. The standard InChI is InChI=1S/C11H10FN.C11H16N4O.C8H16/c1-4-11(13-3)9-5-6-10(12)8(2)7-9;1-2-10(16)14-6-8-15(9-7-14)11-12-4-3-5-13-11;1-7(2)5-6-8(3)4/h1,5-7H,2-3H3;3-5H,2,6-9H2,1H3;8H,1,5-6H2,2-4H3. The van der Waals surface area contributed by atoms with E-state index in [2.05, 4.69) is 53.1 Å². The quantitative estimate of drug-likeness (QED) is 0.285. The lowest BCUT2D eigenvalue weighted by atomic mass is 10.1. The first-order chi connectivity index (χ1) is 17.6. The van der Waals surface area contributed by atoms with Gasteiger partial charge in [-0.1, -0.05) is 32.3 Å². The molecule has 2 heterocycles. The number of aliphatic imine (C=N–C) groups is 1. The summed E-state index contributed by atoms with van der Waals surface area (Å²) in [6.07, 6.45) is 11.8. The summed E-state index contributed by atoms with van der Waals surface area (Å²) in [5.41, 5.74) is 3.21. The number of aryl methyl sites for hydroxylation is 1. The number of carbonyl (C=O) groups excluding carboxylic acids is 1. The fraction of sp³-hybridized carbons (Fsp3) is 0.467. The molecule has 6 nitrogen and oxygen atoms in total. The Kier molecular flexibility index (Phi) is 14.5. The number of hydrogen-bond acceptors (Lipinski definition) is 5. The van der Waals surface area contributed by atoms with Gasteiger partial charge in [0, 0.05) is 57.6 Å². The summed E-state index contributed by atoms with van der Waals surface area (Å²) in [7, 11) is 1.62. The summed E-state index contributed by atoms with van der Waals surface area (Å²) in [4.78, 5) is 27.8. The number of nitrogens with zero attached hydrogens (tertiary/aromatic N) is 5. The van der Waals surface area contributed by atoms with Crippen molar-refractivity contribution in [3.63, 3.8) is 0 Å². The minimum absolute atomic E-state index is 0.226. The van der Waals surface area contributed by atoms with E-state index in [-0.39, 0.29) is 11.7 Å². The van der Waals surface area contributed by atoms with Crippen LogP contribution in [0.15, 0.2) is 53.8 Å². The Balaban J connectivity index is 0.000000295. The van der Waals surface area contributed by atoms with E-state index in [9.17, 15) is 9.18 Å². The van der Waals surface area contributed by atoms with Gasteiger partial charge in [0.2, 0.25) is 11.9 Å². The first-order valence-electron chi connectivity index (χ1n) is 12.8. The SMILES string of the molecule is C#CC(=NC)c1ccc(F)c(C)c1.C=C(C)CCC(C)C.CCC(=O)N1CCN(c2ncccn2)CC1. The molecule has 1 aromatic carbocycles. The maximum absolute atomic E-state index is 12.9. The number of piperazine rings is 1. The average molecular weight is 508 g/mol. The van der Waals surface area contributed by atoms with Gasteiger partial charge in [0.05, 0.1) is 0 Å². The highest BCUT2D eigenvalue weighted by molar-refractivity contribution is 6.12. The van der Waals surface area contributed by atoms with Crippen molar-refractivity contribution in [2.75, 3.05) is 38.1 Å². The fourth-order valence-electron chi connectivity index (χ4n) is 3.44. The third-order valence-corrected chi connectivity index (χ3v) is 5.71. The zero-order valence-corrected chi connectivity index (χ0v) is 23.3. The zero-order valence-electron chi connectivity index (χ0n) is 23.3. The summed E-state index contributed by atoms with van der Waals surface area (Å²) in [6.45, 7) is 17.2. The molecule has 0 aliphatic carbocycles. The zero-order chi connectivity index (χ0) is 27.8. The molecule has 0 unspecified atom stereocenters. The van der Waals surface area contributed by atoms with Crippen molar-refractivity contribution in [2.24, 2.45) is 10.9 Å². The lowest BCUT2D eigenvalue weighted by molar-refractivity contribution is -0.131. The lowest BCUT2D eigenvalue weighted by Gasteiger charge is -2.34. The maximum Gasteiger partial charge on any atom is 0.225 e. The van der Waals surface area contributed by atoms with Gasteiger partial charge in [-0.25, -0.2) is 14.4 Å². The van der Waals surface area contributed by atoms with Crippen LogP contribution in [0, 0.1) is 31.0 Å². The van der Waals surface area contributed by atoms with Crippen LogP contribution in [0.3, 0.4) is 0 Å². The van der Waals surface area contributed by atoms with Gasteiger partial charge < -0.3 is 9.80 Å². The molecule has 1 saturated heterocycles. The first kappa shape index (κ1) is 31.5. The van der Waals surface area contributed by atoms with Crippen LogP contribution in [0.1, 0.15) is 58.1 Å². The maximum atomic E-state index is 12.9. The Bertz CT molecular complexity index is 1050. The summed E-state index contributed by atoms with van der Waals surface area (Å²) in [5.74, 6) is 4.03. The number of carbonyl (C=O) groups is 1. The number of terminal acetylenes is 1. The van der Waals surface area contributed by atoms with E-state index < -0.39 is 0 Å². The molecule has 1 aliphatic heterocycles. The number of amides is 1. The van der Waals surface area contributed by atoms with E-state index in [1.54, 1.807) is 44.6 Å². The van der Waals surface area contributed by atoms with Crippen LogP contribution in [-0.2, 0) is 4.79 Å². The van der Waals surface area contributed by atoms with Crippen molar-refractivity contribution in [3.8, 4) is 12.3 Å². The molecule has 200 valence electrons. The topological polar surface area (TPSA) is 61.7 Å². The van der Waals surface area contributed by atoms with E-state index in [0.29, 0.717) is 17.7 Å². The Morgan fingerprint density at radius 3 is 2.27 bits per heavy atom. The molecule has 0 N–H and O–H groups in total. The summed E-state index contributed by atoms with van der Waals surface area (Å²) >= 11 is 0. The van der Waals surface area contributed by atoms with Crippen molar-refractivity contribution in [3.05, 3.63) is 65.8 Å². The Hall–Kier alpha value is -3.53. The van der Waals surface area contributed by atoms with Crippen molar-refractivity contribution in [2.45, 2.75) is 53.9 Å². The van der Waals surface area contributed by atoms with E-state index in [0.717, 1.165) is 43.6 Å². The Morgan fingerprint density at radius 1 is 1.22 bits per heavy atom. The molecule has 2 aromatic rings. The van der Waals surface area contributed by atoms with Crippen LogP contribution in [0.5, 0.6) is 0 Å². The number of allylic oxidation sites excluding steroid dienone is 1. The first-order valence-corrected chi connectivity index (χ1v) is 12.8. The van der Waals surface area contributed by atoms with Crippen molar-refractivity contribution < 1.29 is 9.18 Å². The normalized spacial score (nSPS) is 13.1. The van der Waals surface area contributed by atoms with Gasteiger partial charge in [0.15, 0.2) is 0 Å². The van der Waals surface area contributed by atoms with Crippen LogP contribution >= 0.6 is 0 Å². The van der Waals surface area contributed by atoms with Crippen LogP contribution in [0.2, 0.25) is 0 Å². The molecule has 0 bridgehead atoms. The highest BCUT2D eigenvalue weighted by Crippen LogP contribution is 2.11. The molecule has 7 heteroatoms. The Labute approximate surface area is 222 Å². The van der Waals surface area contributed by atoms with Gasteiger partial charge in [0.1, 0.15) is 11.5 Å². The molecule has 0 atom stereocenters. The van der Waals surface area contributed by atoms with Crippen LogP contribution in [0.25, 0.3) is 0 Å². The number of halogens is 1. The minimum atomic E-state index is -0.226. The van der Waals surface area contributed by atoms with E-state index in [1.165, 1.54) is 24.5 Å². The van der Waals surface area contributed by atoms with Crippen molar-refractivity contribution in [1.29, 1.82) is 0 Å². The molecule has 1 aromatic heterocycles. The molecule has 1 fully saturated rings. The molecule has 3 rings (SSSR count). The monoisotopic (exact) mass is 507 g/mol. The van der Waals surface area contributed by atoms with Crippen LogP contribution < -0.4 is 4.90 Å². The summed E-state index contributed by atoms with van der Waals surface area (Å²) in [6, 6.07) is 6.52. The average Bonchev–Trinajstić information content (AvgIpc) is 2.91. The number of benzene rings is 1. The third-order valence-electron chi connectivity index (χ3n) is 5.71. The minimum Gasteiger partial charge on any atom is -0.339 e. The van der Waals surface area contributed by atoms with E-state index in [4.69, 9.17) is 6.42 Å². The fourth-order valence-corrected chi connectivity index (χ4v) is 3.44. The number of aromatic nitrogens is 2. The van der Waals surface area contributed by atoms with Gasteiger partial charge in [-0.3, -0.25) is 9.79 Å². The molecule has 1 aliphatic rings. The smallest absolute Gasteiger partial charge is 0.225 e. The number of rotatable bonds is 6. The van der Waals surface area contributed by atoms with Gasteiger partial charge >= 0.3 is 0 Å². The van der Waals surface area contributed by atoms with Crippen LogP contribution in [0.4, 0.5) is 10.3 Å². The predicted molar refractivity (Wildman–Crippen MR) is 152 cm³/mol. The van der Waals surface area contributed by atoms with Gasteiger partial charge in [-0.05, 0) is 62.4 Å². The molecule has 0 saturated carbocycles. The second-order valence-corrected chi connectivity index (χ2v) is 9.34. The second kappa shape index (κ2) is 17.0. The Morgan fingerprint density at radius 2 is 1.84 bits per heavy atom. The van der Waals surface area contributed by atoms with E-state index >= 15 is 0 Å². The van der Waals surface area contributed by atoms with Gasteiger partial charge in [-0.2, -0.15) is 0 Å². The summed E-state index contributed by atoms with van der Waals surface area (Å²) < 4.78 is 12.9. The molecule has 1 amide bonds.